The minimum atomic E-state index is 0.309. The van der Waals surface area contributed by atoms with Crippen LogP contribution in [0.4, 0.5) is 0 Å². The molecule has 0 radical (unpaired) electrons. The summed E-state index contributed by atoms with van der Waals surface area (Å²) in [5.41, 5.74) is 2.12. The van der Waals surface area contributed by atoms with Gasteiger partial charge in [0.15, 0.2) is 0 Å². The lowest BCUT2D eigenvalue weighted by Crippen LogP contribution is -2.68. The summed E-state index contributed by atoms with van der Waals surface area (Å²) in [6, 6.07) is 2.27. The van der Waals surface area contributed by atoms with Crippen LogP contribution in [0.3, 0.4) is 0 Å². The molecule has 1 saturated heterocycles. The molecule has 114 valence electrons. The number of hydrogen-bond acceptors (Lipinski definition) is 3. The third-order valence-electron chi connectivity index (χ3n) is 5.47. The van der Waals surface area contributed by atoms with Gasteiger partial charge < -0.3 is 5.32 Å². The van der Waals surface area contributed by atoms with Gasteiger partial charge in [0.2, 0.25) is 0 Å². The molecule has 1 aromatic rings. The Bertz CT molecular complexity index is 397. The summed E-state index contributed by atoms with van der Waals surface area (Å²) in [6.07, 6.45) is 4.84. The van der Waals surface area contributed by atoms with Crippen molar-refractivity contribution >= 4 is 11.3 Å². The van der Waals surface area contributed by atoms with Crippen molar-refractivity contribution in [2.45, 2.75) is 64.5 Å². The van der Waals surface area contributed by atoms with Crippen LogP contribution in [-0.2, 0) is 6.42 Å². The highest BCUT2D eigenvalue weighted by Gasteiger charge is 2.41. The van der Waals surface area contributed by atoms with E-state index in [0.29, 0.717) is 11.1 Å². The zero-order valence-corrected chi connectivity index (χ0v) is 14.4. The van der Waals surface area contributed by atoms with Crippen LogP contribution in [0, 0.1) is 0 Å². The SMILES string of the molecule is CCC1(CC)CN(CCc2ccsc2)C(C)(CC)CN1. The molecule has 1 fully saturated rings. The fourth-order valence-corrected chi connectivity index (χ4v) is 3.93. The zero-order valence-electron chi connectivity index (χ0n) is 13.5. The summed E-state index contributed by atoms with van der Waals surface area (Å²) in [5, 5.41) is 8.34. The summed E-state index contributed by atoms with van der Waals surface area (Å²) >= 11 is 1.81. The van der Waals surface area contributed by atoms with Crippen LogP contribution >= 0.6 is 11.3 Å². The highest BCUT2D eigenvalue weighted by Crippen LogP contribution is 2.30. The van der Waals surface area contributed by atoms with Crippen molar-refractivity contribution in [2.24, 2.45) is 0 Å². The molecule has 2 heterocycles. The molecule has 1 aliphatic rings. The maximum atomic E-state index is 3.86. The van der Waals surface area contributed by atoms with E-state index in [1.807, 2.05) is 11.3 Å². The second-order valence-electron chi connectivity index (χ2n) is 6.49. The van der Waals surface area contributed by atoms with Crippen molar-refractivity contribution < 1.29 is 0 Å². The standard InChI is InChI=1S/C17H30N2S/c1-5-16(4)13-18-17(6-2,7-3)14-19(16)10-8-15-9-11-20-12-15/h9,11-12,18H,5-8,10,13-14H2,1-4H3. The molecule has 0 aliphatic carbocycles. The average Bonchev–Trinajstić information content (AvgIpc) is 3.00. The Labute approximate surface area is 128 Å². The van der Waals surface area contributed by atoms with Gasteiger partial charge in [0.25, 0.3) is 0 Å². The Hall–Kier alpha value is -0.380. The van der Waals surface area contributed by atoms with E-state index in [-0.39, 0.29) is 0 Å². The minimum absolute atomic E-state index is 0.309. The summed E-state index contributed by atoms with van der Waals surface area (Å²) in [5.74, 6) is 0. The van der Waals surface area contributed by atoms with Crippen molar-refractivity contribution in [2.75, 3.05) is 19.6 Å². The quantitative estimate of drug-likeness (QED) is 0.855. The third-order valence-corrected chi connectivity index (χ3v) is 6.20. The van der Waals surface area contributed by atoms with Gasteiger partial charge >= 0.3 is 0 Å². The highest BCUT2D eigenvalue weighted by atomic mass is 32.1. The van der Waals surface area contributed by atoms with Crippen molar-refractivity contribution in [3.05, 3.63) is 22.4 Å². The largest absolute Gasteiger partial charge is 0.308 e. The molecule has 0 saturated carbocycles. The van der Waals surface area contributed by atoms with Gasteiger partial charge in [0, 0.05) is 30.7 Å². The van der Waals surface area contributed by atoms with Crippen LogP contribution in [-0.4, -0.2) is 35.6 Å². The molecule has 1 aliphatic heterocycles. The van der Waals surface area contributed by atoms with Crippen molar-refractivity contribution in [1.82, 2.24) is 10.2 Å². The molecule has 1 aromatic heterocycles. The molecular weight excluding hydrogens is 264 g/mol. The van der Waals surface area contributed by atoms with Crippen LogP contribution in [0.1, 0.15) is 52.5 Å². The molecule has 0 amide bonds. The van der Waals surface area contributed by atoms with Crippen LogP contribution < -0.4 is 5.32 Å². The lowest BCUT2D eigenvalue weighted by molar-refractivity contribution is 0.0101. The molecule has 0 bridgehead atoms. The zero-order chi connectivity index (χ0) is 14.6. The predicted octanol–water partition coefficient (Wildman–Crippen LogP) is 3.92. The predicted molar refractivity (Wildman–Crippen MR) is 89.6 cm³/mol. The minimum Gasteiger partial charge on any atom is -0.308 e. The van der Waals surface area contributed by atoms with Gasteiger partial charge in [-0.15, -0.1) is 0 Å². The van der Waals surface area contributed by atoms with Gasteiger partial charge in [0.1, 0.15) is 0 Å². The van der Waals surface area contributed by atoms with Gasteiger partial charge in [-0.3, -0.25) is 4.90 Å². The maximum absolute atomic E-state index is 3.86. The fourth-order valence-electron chi connectivity index (χ4n) is 3.22. The summed E-state index contributed by atoms with van der Waals surface area (Å²) in [7, 11) is 0. The van der Waals surface area contributed by atoms with Crippen molar-refractivity contribution in [1.29, 1.82) is 0 Å². The summed E-state index contributed by atoms with van der Waals surface area (Å²) < 4.78 is 0. The van der Waals surface area contributed by atoms with E-state index in [0.717, 1.165) is 6.54 Å². The molecule has 3 heteroatoms. The van der Waals surface area contributed by atoms with E-state index in [1.165, 1.54) is 44.3 Å². The molecule has 2 rings (SSSR count). The molecule has 20 heavy (non-hydrogen) atoms. The summed E-state index contributed by atoms with van der Waals surface area (Å²) in [6.45, 7) is 12.9. The number of thiophene rings is 1. The first-order valence-corrected chi connectivity index (χ1v) is 9.03. The van der Waals surface area contributed by atoms with E-state index in [4.69, 9.17) is 0 Å². The average molecular weight is 295 g/mol. The molecule has 2 nitrogen and oxygen atoms in total. The Morgan fingerprint density at radius 3 is 2.55 bits per heavy atom. The van der Waals surface area contributed by atoms with E-state index in [2.05, 4.69) is 54.7 Å². The molecule has 0 spiro atoms. The molecule has 1 N–H and O–H groups in total. The smallest absolute Gasteiger partial charge is 0.0304 e. The second kappa shape index (κ2) is 6.59. The molecule has 1 atom stereocenters. The van der Waals surface area contributed by atoms with Crippen LogP contribution in [0.5, 0.6) is 0 Å². The van der Waals surface area contributed by atoms with Gasteiger partial charge in [-0.25, -0.2) is 0 Å². The monoisotopic (exact) mass is 294 g/mol. The Morgan fingerprint density at radius 1 is 1.25 bits per heavy atom. The van der Waals surface area contributed by atoms with Crippen LogP contribution in [0.15, 0.2) is 16.8 Å². The van der Waals surface area contributed by atoms with Crippen molar-refractivity contribution in [3.8, 4) is 0 Å². The number of nitrogens with zero attached hydrogens (tertiary/aromatic N) is 1. The van der Waals surface area contributed by atoms with E-state index in [1.54, 1.807) is 0 Å². The summed E-state index contributed by atoms with van der Waals surface area (Å²) in [4.78, 5) is 2.74. The topological polar surface area (TPSA) is 15.3 Å². The van der Waals surface area contributed by atoms with E-state index < -0.39 is 0 Å². The molecule has 1 unspecified atom stereocenters. The van der Waals surface area contributed by atoms with Crippen LogP contribution in [0.25, 0.3) is 0 Å². The Kier molecular flexibility index (Phi) is 5.27. The van der Waals surface area contributed by atoms with Crippen LogP contribution in [0.2, 0.25) is 0 Å². The Balaban J connectivity index is 2.07. The number of hydrogen-bond donors (Lipinski definition) is 1. The first kappa shape index (κ1) is 16.0. The first-order chi connectivity index (χ1) is 9.57. The number of nitrogens with one attached hydrogen (secondary N) is 1. The highest BCUT2D eigenvalue weighted by molar-refractivity contribution is 7.07. The molecule has 0 aromatic carbocycles. The lowest BCUT2D eigenvalue weighted by atomic mass is 9.83. The maximum Gasteiger partial charge on any atom is 0.0304 e. The van der Waals surface area contributed by atoms with E-state index >= 15 is 0 Å². The van der Waals surface area contributed by atoms with Gasteiger partial charge in [-0.1, -0.05) is 20.8 Å². The normalized spacial score (nSPS) is 26.8. The fraction of sp³-hybridized carbons (Fsp3) is 0.765. The van der Waals surface area contributed by atoms with Gasteiger partial charge in [-0.2, -0.15) is 11.3 Å². The second-order valence-corrected chi connectivity index (χ2v) is 7.27. The Morgan fingerprint density at radius 2 is 2.00 bits per heavy atom. The van der Waals surface area contributed by atoms with E-state index in [9.17, 15) is 0 Å². The molecular formula is C17H30N2S. The number of rotatable bonds is 6. The van der Waals surface area contributed by atoms with Crippen molar-refractivity contribution in [3.63, 3.8) is 0 Å². The number of piperazine rings is 1. The first-order valence-electron chi connectivity index (χ1n) is 8.08. The van der Waals surface area contributed by atoms with Gasteiger partial charge in [-0.05, 0) is 55.0 Å². The van der Waals surface area contributed by atoms with Gasteiger partial charge in [0.05, 0.1) is 0 Å². The third kappa shape index (κ3) is 3.26. The lowest BCUT2D eigenvalue weighted by Gasteiger charge is -2.53.